The number of nitrogens with zero attached hydrogens (tertiary/aromatic N) is 1. The lowest BCUT2D eigenvalue weighted by Crippen LogP contribution is -2.16. The number of ether oxygens (including phenoxy) is 1. The molecule has 0 aromatic heterocycles. The minimum atomic E-state index is 0.521. The number of aliphatic imine (C=N–C) groups is 1. The fraction of sp³-hybridized carbons (Fsp3) is 0.188. The molecule has 0 saturated heterocycles. The predicted octanol–water partition coefficient (Wildman–Crippen LogP) is 2.70. The summed E-state index contributed by atoms with van der Waals surface area (Å²) in [5, 5.41) is 0. The van der Waals surface area contributed by atoms with E-state index >= 15 is 0 Å². The highest BCUT2D eigenvalue weighted by Gasteiger charge is 2.13. The smallest absolute Gasteiger partial charge is 0.145 e. The van der Waals surface area contributed by atoms with Crippen LogP contribution >= 0.6 is 0 Å². The molecule has 0 atom stereocenters. The van der Waals surface area contributed by atoms with Gasteiger partial charge in [0, 0.05) is 0 Å². The van der Waals surface area contributed by atoms with Crippen LogP contribution in [0, 0.1) is 0 Å². The Morgan fingerprint density at radius 2 is 1.84 bits per heavy atom. The Balaban J connectivity index is 1.89. The molecule has 0 radical (unpaired) electrons. The van der Waals surface area contributed by atoms with Crippen LogP contribution in [0.25, 0.3) is 0 Å². The van der Waals surface area contributed by atoms with Crippen LogP contribution in [0.1, 0.15) is 11.1 Å². The van der Waals surface area contributed by atoms with Crippen LogP contribution in [0.15, 0.2) is 53.5 Å². The fourth-order valence-electron chi connectivity index (χ4n) is 2.17. The molecule has 0 spiro atoms. The largest absolute Gasteiger partial charge is 0.485 e. The maximum atomic E-state index is 5.72. The highest BCUT2D eigenvalue weighted by Crippen LogP contribution is 2.30. The number of benzene rings is 2. The summed E-state index contributed by atoms with van der Waals surface area (Å²) in [6.07, 6.45) is 0.909. The Morgan fingerprint density at radius 3 is 2.63 bits per heavy atom. The van der Waals surface area contributed by atoms with E-state index in [1.54, 1.807) is 0 Å². The van der Waals surface area contributed by atoms with E-state index in [-0.39, 0.29) is 0 Å². The van der Waals surface area contributed by atoms with Crippen molar-refractivity contribution in [1.82, 2.24) is 0 Å². The number of nitrogens with two attached hydrogens (primary N) is 1. The summed E-state index contributed by atoms with van der Waals surface area (Å²) in [5.74, 6) is 0.853. The van der Waals surface area contributed by atoms with E-state index in [1.165, 1.54) is 5.56 Å². The summed E-state index contributed by atoms with van der Waals surface area (Å²) < 4.78 is 5.72. The third-order valence-corrected chi connectivity index (χ3v) is 3.21. The van der Waals surface area contributed by atoms with Crippen LogP contribution in [0.4, 0.5) is 5.69 Å². The molecule has 0 fully saturated rings. The molecule has 1 aliphatic rings. The molecule has 96 valence electrons. The number of para-hydroxylation sites is 2. The van der Waals surface area contributed by atoms with Crippen LogP contribution in [0.3, 0.4) is 0 Å². The van der Waals surface area contributed by atoms with Crippen LogP contribution in [-0.2, 0) is 6.42 Å². The van der Waals surface area contributed by atoms with Crippen molar-refractivity contribution in [3.8, 4) is 5.75 Å². The van der Waals surface area contributed by atoms with Crippen molar-refractivity contribution in [3.63, 3.8) is 0 Å². The van der Waals surface area contributed by atoms with Gasteiger partial charge in [-0.25, -0.2) is 4.99 Å². The summed E-state index contributed by atoms with van der Waals surface area (Å²) in [4.78, 5) is 4.66. The van der Waals surface area contributed by atoms with E-state index in [0.29, 0.717) is 13.2 Å². The Hall–Kier alpha value is -2.13. The molecule has 2 aromatic rings. The average molecular weight is 252 g/mol. The molecule has 1 aliphatic heterocycles. The zero-order valence-corrected chi connectivity index (χ0v) is 10.7. The number of fused-ring (bicyclic) bond motifs is 1. The second kappa shape index (κ2) is 5.24. The number of rotatable bonds is 3. The van der Waals surface area contributed by atoms with E-state index in [4.69, 9.17) is 10.5 Å². The Morgan fingerprint density at radius 1 is 1.05 bits per heavy atom. The van der Waals surface area contributed by atoms with E-state index in [9.17, 15) is 0 Å². The monoisotopic (exact) mass is 252 g/mol. The highest BCUT2D eigenvalue weighted by atomic mass is 16.5. The first-order valence-corrected chi connectivity index (χ1v) is 6.45. The summed E-state index contributed by atoms with van der Waals surface area (Å²) in [6, 6.07) is 16.2. The standard InChI is InChI=1S/C16H16N2O/c17-10-9-12-5-7-13(8-6-12)15-11-19-16-4-2-1-3-14(16)18-15/h1-8H,9-11,17H2. The third kappa shape index (κ3) is 2.51. The van der Waals surface area contributed by atoms with Gasteiger partial charge < -0.3 is 10.5 Å². The second-order valence-electron chi connectivity index (χ2n) is 4.55. The van der Waals surface area contributed by atoms with Gasteiger partial charge in [-0.2, -0.15) is 0 Å². The molecule has 3 heteroatoms. The molecule has 0 aliphatic carbocycles. The van der Waals surface area contributed by atoms with Gasteiger partial charge in [-0.05, 0) is 36.2 Å². The number of hydrogen-bond acceptors (Lipinski definition) is 3. The van der Waals surface area contributed by atoms with Gasteiger partial charge in [-0.15, -0.1) is 0 Å². The maximum absolute atomic E-state index is 5.72. The van der Waals surface area contributed by atoms with E-state index in [2.05, 4.69) is 29.3 Å². The zero-order valence-electron chi connectivity index (χ0n) is 10.7. The van der Waals surface area contributed by atoms with Gasteiger partial charge in [0.05, 0.1) is 5.71 Å². The molecule has 3 nitrogen and oxygen atoms in total. The lowest BCUT2D eigenvalue weighted by molar-refractivity contribution is 0.373. The highest BCUT2D eigenvalue weighted by molar-refractivity contribution is 6.04. The summed E-state index contributed by atoms with van der Waals surface area (Å²) in [7, 11) is 0. The van der Waals surface area contributed by atoms with E-state index in [0.717, 1.165) is 29.1 Å². The quantitative estimate of drug-likeness (QED) is 0.913. The minimum absolute atomic E-state index is 0.521. The van der Waals surface area contributed by atoms with Crippen LogP contribution < -0.4 is 10.5 Å². The predicted molar refractivity (Wildman–Crippen MR) is 77.3 cm³/mol. The third-order valence-electron chi connectivity index (χ3n) is 3.21. The first-order chi connectivity index (χ1) is 9.36. The van der Waals surface area contributed by atoms with Crippen molar-refractivity contribution in [3.05, 3.63) is 59.7 Å². The van der Waals surface area contributed by atoms with Gasteiger partial charge in [-0.1, -0.05) is 36.4 Å². The van der Waals surface area contributed by atoms with Gasteiger partial charge in [0.1, 0.15) is 18.0 Å². The Bertz CT molecular complexity index is 602. The first kappa shape index (κ1) is 11.9. The molecule has 19 heavy (non-hydrogen) atoms. The first-order valence-electron chi connectivity index (χ1n) is 6.45. The van der Waals surface area contributed by atoms with E-state index in [1.807, 2.05) is 24.3 Å². The molecular weight excluding hydrogens is 236 g/mol. The second-order valence-corrected chi connectivity index (χ2v) is 4.55. The van der Waals surface area contributed by atoms with E-state index < -0.39 is 0 Å². The molecule has 0 bridgehead atoms. The van der Waals surface area contributed by atoms with Crippen molar-refractivity contribution in [2.75, 3.05) is 13.2 Å². The topological polar surface area (TPSA) is 47.6 Å². The van der Waals surface area contributed by atoms with Crippen molar-refractivity contribution < 1.29 is 4.74 Å². The molecule has 1 heterocycles. The minimum Gasteiger partial charge on any atom is -0.485 e. The van der Waals surface area contributed by atoms with Gasteiger partial charge in [0.15, 0.2) is 0 Å². The van der Waals surface area contributed by atoms with Crippen LogP contribution in [0.2, 0.25) is 0 Å². The van der Waals surface area contributed by atoms with Gasteiger partial charge in [0.2, 0.25) is 0 Å². The molecule has 2 N–H and O–H groups in total. The SMILES string of the molecule is NCCc1ccc(C2=Nc3ccccc3OC2)cc1. The lowest BCUT2D eigenvalue weighted by atomic mass is 10.1. The average Bonchev–Trinajstić information content (AvgIpc) is 2.48. The van der Waals surface area contributed by atoms with Crippen molar-refractivity contribution in [2.45, 2.75) is 6.42 Å². The van der Waals surface area contributed by atoms with Gasteiger partial charge >= 0.3 is 0 Å². The summed E-state index contributed by atoms with van der Waals surface area (Å²) in [6.45, 7) is 1.20. The van der Waals surface area contributed by atoms with Crippen LogP contribution in [-0.4, -0.2) is 18.9 Å². The zero-order chi connectivity index (χ0) is 13.1. The fourth-order valence-corrected chi connectivity index (χ4v) is 2.17. The molecule has 2 aromatic carbocycles. The van der Waals surface area contributed by atoms with Crippen LogP contribution in [0.5, 0.6) is 5.75 Å². The van der Waals surface area contributed by atoms with Gasteiger partial charge in [-0.3, -0.25) is 0 Å². The van der Waals surface area contributed by atoms with Crippen molar-refractivity contribution in [1.29, 1.82) is 0 Å². The van der Waals surface area contributed by atoms with Crippen molar-refractivity contribution >= 4 is 11.4 Å². The number of hydrogen-bond donors (Lipinski definition) is 1. The lowest BCUT2D eigenvalue weighted by Gasteiger charge is -2.17. The summed E-state index contributed by atoms with van der Waals surface area (Å²) in [5.41, 5.74) is 9.78. The molecular formula is C16H16N2O. The normalized spacial score (nSPS) is 13.4. The Labute approximate surface area is 112 Å². The molecule has 0 unspecified atom stereocenters. The molecule has 0 saturated carbocycles. The van der Waals surface area contributed by atoms with Gasteiger partial charge in [0.25, 0.3) is 0 Å². The molecule has 0 amide bonds. The maximum Gasteiger partial charge on any atom is 0.145 e. The molecule has 3 rings (SSSR count). The summed E-state index contributed by atoms with van der Waals surface area (Å²) >= 11 is 0. The van der Waals surface area contributed by atoms with Crippen molar-refractivity contribution in [2.24, 2.45) is 10.7 Å². The Kier molecular flexibility index (Phi) is 3.29.